The molecule has 0 bridgehead atoms. The number of aliphatic carboxylic acids is 2. The summed E-state index contributed by atoms with van der Waals surface area (Å²) in [4.78, 5) is 49.5. The summed E-state index contributed by atoms with van der Waals surface area (Å²) in [5, 5.41) is 24.1. The third-order valence-electron chi connectivity index (χ3n) is 5.85. The molecule has 0 heterocycles. The lowest BCUT2D eigenvalue weighted by atomic mass is 9.67. The summed E-state index contributed by atoms with van der Waals surface area (Å²) in [5.74, 6) is -3.78. The van der Waals surface area contributed by atoms with Gasteiger partial charge in [-0.15, -0.1) is 0 Å². The average Bonchev–Trinajstić information content (AvgIpc) is 2.73. The van der Waals surface area contributed by atoms with E-state index in [1.807, 2.05) is 0 Å². The van der Waals surface area contributed by atoms with Crippen LogP contribution in [0, 0.1) is 5.41 Å². The quantitative estimate of drug-likeness (QED) is 0.418. The van der Waals surface area contributed by atoms with Crippen LogP contribution in [-0.4, -0.2) is 46.0 Å². The van der Waals surface area contributed by atoms with E-state index in [1.165, 1.54) is 0 Å². The van der Waals surface area contributed by atoms with Crippen molar-refractivity contribution in [1.29, 1.82) is 0 Å². The highest BCUT2D eigenvalue weighted by Gasteiger charge is 2.52. The lowest BCUT2D eigenvalue weighted by Gasteiger charge is -2.39. The van der Waals surface area contributed by atoms with Crippen molar-refractivity contribution in [3.05, 3.63) is 71.8 Å². The van der Waals surface area contributed by atoms with E-state index in [-0.39, 0.29) is 25.7 Å². The highest BCUT2D eigenvalue weighted by molar-refractivity contribution is 6.07. The van der Waals surface area contributed by atoms with E-state index in [0.29, 0.717) is 6.42 Å². The Bertz CT molecular complexity index is 897. The van der Waals surface area contributed by atoms with Gasteiger partial charge in [-0.05, 0) is 24.0 Å². The molecule has 0 radical (unpaired) electrons. The maximum Gasteiger partial charge on any atom is 0.326 e. The van der Waals surface area contributed by atoms with E-state index < -0.39 is 41.3 Å². The van der Waals surface area contributed by atoms with Crippen LogP contribution in [0.5, 0.6) is 0 Å². The van der Waals surface area contributed by atoms with Crippen LogP contribution >= 0.6 is 0 Å². The molecule has 0 spiro atoms. The fourth-order valence-corrected chi connectivity index (χ4v) is 3.78. The van der Waals surface area contributed by atoms with Gasteiger partial charge in [0.15, 0.2) is 0 Å². The summed E-state index contributed by atoms with van der Waals surface area (Å²) in [7, 11) is 0. The molecule has 8 nitrogen and oxygen atoms in total. The molecular formula is C24H26N2O6. The smallest absolute Gasteiger partial charge is 0.326 e. The molecule has 1 aliphatic carbocycles. The van der Waals surface area contributed by atoms with Crippen molar-refractivity contribution < 1.29 is 29.4 Å². The topological polar surface area (TPSA) is 133 Å². The number of nitrogens with one attached hydrogen (secondary N) is 2. The number of amides is 2. The number of hydrogen-bond donors (Lipinski definition) is 4. The van der Waals surface area contributed by atoms with Crippen LogP contribution in [0.15, 0.2) is 60.7 Å². The minimum absolute atomic E-state index is 0.0748. The van der Waals surface area contributed by atoms with Crippen molar-refractivity contribution in [2.75, 3.05) is 0 Å². The van der Waals surface area contributed by atoms with Crippen molar-refractivity contribution in [3.63, 3.8) is 0 Å². The van der Waals surface area contributed by atoms with Gasteiger partial charge in [0, 0.05) is 12.8 Å². The normalized spacial score (nSPS) is 16.1. The molecule has 8 heteroatoms. The van der Waals surface area contributed by atoms with Gasteiger partial charge in [0.2, 0.25) is 11.8 Å². The molecule has 1 saturated carbocycles. The number of hydrogen-bond acceptors (Lipinski definition) is 4. The van der Waals surface area contributed by atoms with Gasteiger partial charge in [-0.2, -0.15) is 0 Å². The lowest BCUT2D eigenvalue weighted by Crippen LogP contribution is -2.60. The lowest BCUT2D eigenvalue weighted by molar-refractivity contribution is -0.155. The standard InChI is InChI=1S/C24H26N2O6/c27-20(28)18(14-16-8-3-1-4-9-16)25-22(31)24(12-7-13-24)23(32)26-19(21(29)30)15-17-10-5-2-6-11-17/h1-6,8-11,18-19H,7,12-15H2,(H,25,31)(H,26,32)(H,27,28)(H,29,30)/t18-,19-/m0/s1. The number of benzene rings is 2. The Kier molecular flexibility index (Phi) is 7.25. The maximum absolute atomic E-state index is 13.0. The minimum atomic E-state index is -1.46. The van der Waals surface area contributed by atoms with Gasteiger partial charge >= 0.3 is 11.9 Å². The van der Waals surface area contributed by atoms with Gasteiger partial charge in [0.05, 0.1) is 0 Å². The van der Waals surface area contributed by atoms with Crippen LogP contribution in [0.2, 0.25) is 0 Å². The van der Waals surface area contributed by atoms with Crippen LogP contribution in [0.4, 0.5) is 0 Å². The number of carboxylic acid groups (broad SMARTS) is 2. The summed E-state index contributed by atoms with van der Waals surface area (Å²) in [5.41, 5.74) is 0.0108. The largest absolute Gasteiger partial charge is 0.480 e. The van der Waals surface area contributed by atoms with Crippen molar-refractivity contribution in [3.8, 4) is 0 Å². The third kappa shape index (κ3) is 5.32. The first-order valence-electron chi connectivity index (χ1n) is 10.5. The van der Waals surface area contributed by atoms with E-state index in [2.05, 4.69) is 10.6 Å². The summed E-state index contributed by atoms with van der Waals surface area (Å²) in [6.07, 6.45) is 1.24. The van der Waals surface area contributed by atoms with E-state index >= 15 is 0 Å². The molecule has 2 amide bonds. The highest BCUT2D eigenvalue weighted by Crippen LogP contribution is 2.41. The predicted octanol–water partition coefficient (Wildman–Crippen LogP) is 1.78. The zero-order chi connectivity index (χ0) is 23.1. The van der Waals surface area contributed by atoms with Crippen molar-refractivity contribution in [2.24, 2.45) is 5.41 Å². The van der Waals surface area contributed by atoms with Crippen LogP contribution in [0.25, 0.3) is 0 Å². The van der Waals surface area contributed by atoms with E-state index in [1.54, 1.807) is 60.7 Å². The Balaban J connectivity index is 1.70. The molecule has 2 aromatic carbocycles. The van der Waals surface area contributed by atoms with Crippen LogP contribution < -0.4 is 10.6 Å². The van der Waals surface area contributed by atoms with Crippen LogP contribution in [0.1, 0.15) is 30.4 Å². The summed E-state index contributed by atoms with van der Waals surface area (Å²) < 4.78 is 0. The van der Waals surface area contributed by atoms with Gasteiger partial charge in [-0.1, -0.05) is 67.1 Å². The fourth-order valence-electron chi connectivity index (χ4n) is 3.78. The van der Waals surface area contributed by atoms with Crippen molar-refractivity contribution >= 4 is 23.8 Å². The van der Waals surface area contributed by atoms with Crippen molar-refractivity contribution in [1.82, 2.24) is 10.6 Å². The second-order valence-electron chi connectivity index (χ2n) is 8.04. The number of carboxylic acids is 2. The maximum atomic E-state index is 13.0. The van der Waals surface area contributed by atoms with E-state index in [9.17, 15) is 29.4 Å². The number of carbonyl (C=O) groups is 4. The highest BCUT2D eigenvalue weighted by atomic mass is 16.4. The zero-order valence-electron chi connectivity index (χ0n) is 17.5. The summed E-state index contributed by atoms with van der Waals surface area (Å²) in [6.45, 7) is 0. The van der Waals surface area contributed by atoms with Gasteiger partial charge in [0.1, 0.15) is 17.5 Å². The molecule has 2 aromatic rings. The van der Waals surface area contributed by atoms with E-state index in [4.69, 9.17) is 0 Å². The molecule has 32 heavy (non-hydrogen) atoms. The van der Waals surface area contributed by atoms with E-state index in [0.717, 1.165) is 11.1 Å². The summed E-state index contributed by atoms with van der Waals surface area (Å²) >= 11 is 0. The van der Waals surface area contributed by atoms with Crippen molar-refractivity contribution in [2.45, 2.75) is 44.2 Å². The first-order chi connectivity index (χ1) is 15.3. The Morgan fingerprint density at radius 1 is 0.719 bits per heavy atom. The molecule has 168 valence electrons. The molecule has 0 unspecified atom stereocenters. The first kappa shape index (κ1) is 23.0. The second-order valence-corrected chi connectivity index (χ2v) is 8.04. The Labute approximate surface area is 185 Å². The van der Waals surface area contributed by atoms with Gasteiger partial charge in [0.25, 0.3) is 0 Å². The molecule has 0 saturated heterocycles. The van der Waals surface area contributed by atoms with Crippen LogP contribution in [0.3, 0.4) is 0 Å². The molecule has 2 atom stereocenters. The van der Waals surface area contributed by atoms with Gasteiger partial charge in [-0.25, -0.2) is 9.59 Å². The molecule has 0 aliphatic heterocycles. The monoisotopic (exact) mass is 438 g/mol. The fraction of sp³-hybridized carbons (Fsp3) is 0.333. The molecule has 1 fully saturated rings. The minimum Gasteiger partial charge on any atom is -0.480 e. The van der Waals surface area contributed by atoms with Crippen LogP contribution in [-0.2, 0) is 32.0 Å². The zero-order valence-corrected chi connectivity index (χ0v) is 17.5. The third-order valence-corrected chi connectivity index (χ3v) is 5.85. The molecule has 0 aromatic heterocycles. The number of carbonyl (C=O) groups excluding carboxylic acids is 2. The first-order valence-corrected chi connectivity index (χ1v) is 10.5. The average molecular weight is 438 g/mol. The molecular weight excluding hydrogens is 412 g/mol. The Morgan fingerprint density at radius 2 is 1.09 bits per heavy atom. The summed E-state index contributed by atoms with van der Waals surface area (Å²) in [6, 6.07) is 15.3. The van der Waals surface area contributed by atoms with Gasteiger partial charge < -0.3 is 20.8 Å². The molecule has 1 aliphatic rings. The second kappa shape index (κ2) is 10.1. The molecule has 3 rings (SSSR count). The number of rotatable bonds is 10. The predicted molar refractivity (Wildman–Crippen MR) is 116 cm³/mol. The van der Waals surface area contributed by atoms with Gasteiger partial charge in [-0.3, -0.25) is 9.59 Å². The Morgan fingerprint density at radius 3 is 1.38 bits per heavy atom. The molecule has 4 N–H and O–H groups in total. The Hall–Kier alpha value is -3.68. The SMILES string of the molecule is O=C(O)[C@H](Cc1ccccc1)NC(=O)C1(C(=O)N[C@@H](Cc2ccccc2)C(=O)O)CCC1.